The summed E-state index contributed by atoms with van der Waals surface area (Å²) in [6, 6.07) is 19.1. The highest BCUT2D eigenvalue weighted by Gasteiger charge is 2.35. The van der Waals surface area contributed by atoms with Crippen LogP contribution >= 0.6 is 0 Å². The minimum atomic E-state index is -0.866. The third-order valence-corrected chi connectivity index (χ3v) is 6.67. The van der Waals surface area contributed by atoms with E-state index in [1.165, 1.54) is 36.8 Å². The van der Waals surface area contributed by atoms with Crippen molar-refractivity contribution in [3.63, 3.8) is 0 Å². The molecule has 122 valence electrons. The van der Waals surface area contributed by atoms with Crippen molar-refractivity contribution in [3.8, 4) is 0 Å². The van der Waals surface area contributed by atoms with E-state index < -0.39 is 11.2 Å². The van der Waals surface area contributed by atoms with Crippen LogP contribution in [0.15, 0.2) is 59.5 Å². The lowest BCUT2D eigenvalue weighted by atomic mass is 9.75. The zero-order valence-corrected chi connectivity index (χ0v) is 14.8. The predicted octanol–water partition coefficient (Wildman–Crippen LogP) is 5.39. The molecule has 1 saturated carbocycles. The average Bonchev–Trinajstić information content (AvgIpc) is 3.06. The molecule has 1 fully saturated rings. The molecule has 0 aliphatic heterocycles. The van der Waals surface area contributed by atoms with Gasteiger partial charge in [0.1, 0.15) is 5.75 Å². The minimum absolute atomic E-state index is 0.332. The van der Waals surface area contributed by atoms with E-state index in [1.54, 1.807) is 0 Å². The lowest BCUT2D eigenvalue weighted by molar-refractivity contribution is 0.400. The summed E-state index contributed by atoms with van der Waals surface area (Å²) in [7, 11) is 0. The van der Waals surface area contributed by atoms with E-state index in [9.17, 15) is 4.55 Å². The quantitative estimate of drug-likeness (QED) is 0.652. The summed E-state index contributed by atoms with van der Waals surface area (Å²) >= 11 is -0.866. The summed E-state index contributed by atoms with van der Waals surface area (Å²) in [4.78, 5) is 0.968. The van der Waals surface area contributed by atoms with Crippen molar-refractivity contribution >= 4 is 11.2 Å². The van der Waals surface area contributed by atoms with Crippen molar-refractivity contribution in [2.45, 2.75) is 55.8 Å². The second-order valence-corrected chi connectivity index (χ2v) is 8.39. The maximum Gasteiger partial charge on any atom is 0.152 e. The highest BCUT2D eigenvalue weighted by atomic mass is 32.2. The highest BCUT2D eigenvalue weighted by molar-refractivity contribution is 7.91. The van der Waals surface area contributed by atoms with Crippen molar-refractivity contribution < 1.29 is 4.55 Å². The van der Waals surface area contributed by atoms with Crippen LogP contribution in [0.2, 0.25) is 0 Å². The van der Waals surface area contributed by atoms with Crippen LogP contribution in [0.4, 0.5) is 0 Å². The number of aryl methyl sites for hydroxylation is 1. The fourth-order valence-corrected chi connectivity index (χ4v) is 4.96. The Morgan fingerprint density at radius 2 is 1.61 bits per heavy atom. The Hall–Kier alpha value is -1.25. The summed E-state index contributed by atoms with van der Waals surface area (Å²) in [5.41, 5.74) is 3.04. The van der Waals surface area contributed by atoms with Gasteiger partial charge >= 0.3 is 0 Å². The lowest BCUT2D eigenvalue weighted by Crippen LogP contribution is -2.23. The average molecular weight is 327 g/mol. The van der Waals surface area contributed by atoms with Crippen molar-refractivity contribution in [2.24, 2.45) is 0 Å². The van der Waals surface area contributed by atoms with Gasteiger partial charge in [0.15, 0.2) is 4.90 Å². The smallest absolute Gasteiger partial charge is 0.152 e. The van der Waals surface area contributed by atoms with E-state index in [0.29, 0.717) is 5.41 Å². The van der Waals surface area contributed by atoms with Crippen LogP contribution in [0.5, 0.6) is 0 Å². The van der Waals surface area contributed by atoms with Crippen LogP contribution < -0.4 is 0 Å². The molecule has 0 spiro atoms. The zero-order chi connectivity index (χ0) is 16.1. The second-order valence-electron chi connectivity index (χ2n) is 6.82. The molecule has 0 N–H and O–H groups in total. The van der Waals surface area contributed by atoms with Crippen molar-refractivity contribution in [3.05, 3.63) is 65.7 Å². The highest BCUT2D eigenvalue weighted by Crippen LogP contribution is 2.44. The normalized spacial score (nSPS) is 18.0. The van der Waals surface area contributed by atoms with Gasteiger partial charge in [-0.3, -0.25) is 0 Å². The zero-order valence-electron chi connectivity index (χ0n) is 14.0. The van der Waals surface area contributed by atoms with Crippen molar-refractivity contribution in [1.29, 1.82) is 0 Å². The van der Waals surface area contributed by atoms with Crippen LogP contribution in [0.1, 0.15) is 49.7 Å². The summed E-state index contributed by atoms with van der Waals surface area (Å²) in [6.07, 6.45) is 7.43. The molecular weight excluding hydrogens is 300 g/mol. The molecule has 1 aliphatic rings. The first-order valence-corrected chi connectivity index (χ1v) is 10.0. The fraction of sp³-hybridized carbons (Fsp3) is 0.429. The Morgan fingerprint density at radius 1 is 0.957 bits per heavy atom. The fourth-order valence-electron chi connectivity index (χ4n) is 3.88. The first-order chi connectivity index (χ1) is 11.2. The van der Waals surface area contributed by atoms with Crippen LogP contribution in [0.3, 0.4) is 0 Å². The molecule has 23 heavy (non-hydrogen) atoms. The lowest BCUT2D eigenvalue weighted by Gasteiger charge is -2.30. The van der Waals surface area contributed by atoms with Gasteiger partial charge in [-0.1, -0.05) is 60.9 Å². The molecule has 3 rings (SSSR count). The predicted molar refractivity (Wildman–Crippen MR) is 98.3 cm³/mol. The Balaban J connectivity index is 1.61. The maximum absolute atomic E-state index is 12.5. The molecule has 1 unspecified atom stereocenters. The molecule has 0 aromatic heterocycles. The third-order valence-electron chi connectivity index (χ3n) is 5.22. The summed E-state index contributed by atoms with van der Waals surface area (Å²) in [5, 5.41) is 0. The van der Waals surface area contributed by atoms with Gasteiger partial charge in [-0.05, 0) is 66.9 Å². The van der Waals surface area contributed by atoms with E-state index in [2.05, 4.69) is 49.4 Å². The number of benzene rings is 2. The van der Waals surface area contributed by atoms with Gasteiger partial charge in [-0.2, -0.15) is 0 Å². The molecule has 1 nitrogen and oxygen atoms in total. The van der Waals surface area contributed by atoms with Crippen LogP contribution in [-0.4, -0.2) is 10.3 Å². The van der Waals surface area contributed by atoms with Gasteiger partial charge in [0, 0.05) is 0 Å². The Bertz CT molecular complexity index is 599. The van der Waals surface area contributed by atoms with E-state index in [1.807, 2.05) is 12.1 Å². The minimum Gasteiger partial charge on any atom is -0.611 e. The maximum atomic E-state index is 12.5. The summed E-state index contributed by atoms with van der Waals surface area (Å²) in [6.45, 7) is 2.07. The molecule has 1 atom stereocenters. The SMILES string of the molecule is Cc1ccc([S+]([O-])CCCC2(c3ccccc3)CCCC2)cc1. The third kappa shape index (κ3) is 3.99. The van der Waals surface area contributed by atoms with Gasteiger partial charge in [0.25, 0.3) is 0 Å². The summed E-state index contributed by atoms with van der Waals surface area (Å²) < 4.78 is 12.5. The van der Waals surface area contributed by atoms with E-state index in [4.69, 9.17) is 0 Å². The molecule has 0 radical (unpaired) electrons. The van der Waals surface area contributed by atoms with Gasteiger partial charge in [0.05, 0.1) is 0 Å². The summed E-state index contributed by atoms with van der Waals surface area (Å²) in [5.74, 6) is 0.775. The molecule has 2 heteroatoms. The van der Waals surface area contributed by atoms with E-state index >= 15 is 0 Å². The first-order valence-electron chi connectivity index (χ1n) is 8.70. The molecule has 0 heterocycles. The largest absolute Gasteiger partial charge is 0.611 e. The van der Waals surface area contributed by atoms with Crippen LogP contribution in [0, 0.1) is 6.92 Å². The van der Waals surface area contributed by atoms with E-state index in [-0.39, 0.29) is 0 Å². The van der Waals surface area contributed by atoms with Gasteiger partial charge in [0.2, 0.25) is 0 Å². The Morgan fingerprint density at radius 3 is 2.26 bits per heavy atom. The second kappa shape index (κ2) is 7.55. The monoisotopic (exact) mass is 326 g/mol. The number of hydrogen-bond acceptors (Lipinski definition) is 1. The van der Waals surface area contributed by atoms with Gasteiger partial charge in [-0.25, -0.2) is 0 Å². The van der Waals surface area contributed by atoms with Crippen molar-refractivity contribution in [1.82, 2.24) is 0 Å². The number of rotatable bonds is 6. The Kier molecular flexibility index (Phi) is 5.45. The van der Waals surface area contributed by atoms with E-state index in [0.717, 1.165) is 23.5 Å². The van der Waals surface area contributed by atoms with Gasteiger partial charge < -0.3 is 4.55 Å². The van der Waals surface area contributed by atoms with Crippen LogP contribution in [-0.2, 0) is 16.6 Å². The molecule has 1 aliphatic carbocycles. The number of hydrogen-bond donors (Lipinski definition) is 0. The molecule has 0 bridgehead atoms. The standard InChI is InChI=1S/C21H26OS/c1-18-10-12-20(13-11-18)23(22)17-7-16-21(14-5-6-15-21)19-8-3-2-4-9-19/h2-4,8-13H,5-7,14-17H2,1H3. The molecule has 2 aromatic rings. The Labute approximate surface area is 143 Å². The molecular formula is C21H26OS. The molecule has 0 amide bonds. The van der Waals surface area contributed by atoms with Gasteiger partial charge in [-0.15, -0.1) is 0 Å². The first kappa shape index (κ1) is 16.6. The molecule has 2 aromatic carbocycles. The van der Waals surface area contributed by atoms with Crippen LogP contribution in [0.25, 0.3) is 0 Å². The topological polar surface area (TPSA) is 23.1 Å². The van der Waals surface area contributed by atoms with Crippen molar-refractivity contribution in [2.75, 3.05) is 5.75 Å². The molecule has 0 saturated heterocycles.